The number of hydrogen-bond donors (Lipinski definition) is 1. The van der Waals surface area contributed by atoms with Crippen LogP contribution in [0.3, 0.4) is 0 Å². The summed E-state index contributed by atoms with van der Waals surface area (Å²) < 4.78 is 0. The highest BCUT2D eigenvalue weighted by Crippen LogP contribution is 2.27. The second-order valence-electron chi connectivity index (χ2n) is 3.65. The molecule has 0 aliphatic rings. The van der Waals surface area contributed by atoms with Crippen molar-refractivity contribution in [3.63, 3.8) is 0 Å². The Kier molecular flexibility index (Phi) is 4.52. The molecule has 4 nitrogen and oxygen atoms in total. The number of carbonyl (C=O) groups is 2. The molecule has 1 amide bonds. The summed E-state index contributed by atoms with van der Waals surface area (Å²) in [6.07, 6.45) is 0.689. The molecule has 0 aromatic heterocycles. The van der Waals surface area contributed by atoms with E-state index in [-0.39, 0.29) is 0 Å². The summed E-state index contributed by atoms with van der Waals surface area (Å²) in [5.74, 6) is -0.441. The molecule has 2 N–H and O–H groups in total. The number of benzene rings is 1. The summed E-state index contributed by atoms with van der Waals surface area (Å²) >= 11 is 5.94. The average molecular weight is 255 g/mol. The summed E-state index contributed by atoms with van der Waals surface area (Å²) in [5.41, 5.74) is 6.28. The van der Waals surface area contributed by atoms with Crippen LogP contribution in [0.15, 0.2) is 18.2 Å². The van der Waals surface area contributed by atoms with Crippen molar-refractivity contribution in [3.8, 4) is 0 Å². The minimum atomic E-state index is -0.489. The minimum absolute atomic E-state index is 0.368. The van der Waals surface area contributed by atoms with Crippen LogP contribution in [-0.2, 0) is 4.79 Å². The number of nitrogens with zero attached hydrogens (tertiary/aromatic N) is 1. The summed E-state index contributed by atoms with van der Waals surface area (Å²) in [6, 6.07) is 4.63. The third-order valence-corrected chi connectivity index (χ3v) is 3.01. The fraction of sp³-hybridized carbons (Fsp3) is 0.333. The van der Waals surface area contributed by atoms with Gasteiger partial charge in [-0.2, -0.15) is 0 Å². The lowest BCUT2D eigenvalue weighted by Gasteiger charge is -2.29. The van der Waals surface area contributed by atoms with E-state index in [1.54, 1.807) is 30.0 Å². The standard InChI is InChI=1S/C12H15ClN2O2/c1-3-15(8(2)12(14)17)11-6-4-5-10(13)9(11)7-16/h4-8H,3H2,1-2H3,(H2,14,17). The highest BCUT2D eigenvalue weighted by atomic mass is 35.5. The molecule has 0 heterocycles. The van der Waals surface area contributed by atoms with Crippen LogP contribution >= 0.6 is 11.6 Å². The Balaban J connectivity index is 3.25. The number of carbonyl (C=O) groups excluding carboxylic acids is 2. The Bertz CT molecular complexity index is 435. The summed E-state index contributed by atoms with van der Waals surface area (Å²) in [7, 11) is 0. The molecule has 0 spiro atoms. The van der Waals surface area contributed by atoms with E-state index in [1.165, 1.54) is 0 Å². The van der Waals surface area contributed by atoms with Gasteiger partial charge in [-0.05, 0) is 26.0 Å². The molecule has 1 aromatic rings. The Hall–Kier alpha value is -1.55. The molecule has 0 saturated carbocycles. The second-order valence-corrected chi connectivity index (χ2v) is 4.06. The lowest BCUT2D eigenvalue weighted by molar-refractivity contribution is -0.118. The highest BCUT2D eigenvalue weighted by molar-refractivity contribution is 6.33. The Morgan fingerprint density at radius 2 is 2.24 bits per heavy atom. The molecule has 0 aliphatic heterocycles. The maximum atomic E-state index is 11.2. The van der Waals surface area contributed by atoms with Crippen LogP contribution < -0.4 is 10.6 Å². The molecule has 92 valence electrons. The van der Waals surface area contributed by atoms with E-state index in [9.17, 15) is 9.59 Å². The van der Waals surface area contributed by atoms with Gasteiger partial charge in [0.25, 0.3) is 0 Å². The fourth-order valence-electron chi connectivity index (χ4n) is 1.70. The maximum absolute atomic E-state index is 11.2. The van der Waals surface area contributed by atoms with E-state index in [0.717, 1.165) is 0 Å². The first kappa shape index (κ1) is 13.5. The van der Waals surface area contributed by atoms with Crippen molar-refractivity contribution in [2.45, 2.75) is 19.9 Å². The first-order valence-electron chi connectivity index (χ1n) is 5.32. The first-order chi connectivity index (χ1) is 8.02. The first-order valence-corrected chi connectivity index (χ1v) is 5.70. The van der Waals surface area contributed by atoms with Gasteiger partial charge in [-0.25, -0.2) is 0 Å². The number of nitrogens with two attached hydrogens (primary N) is 1. The van der Waals surface area contributed by atoms with E-state index in [1.807, 2.05) is 6.92 Å². The summed E-state index contributed by atoms with van der Waals surface area (Å²) in [4.78, 5) is 24.0. The van der Waals surface area contributed by atoms with Gasteiger partial charge in [0.1, 0.15) is 6.04 Å². The number of halogens is 1. The summed E-state index contributed by atoms with van der Waals surface area (Å²) in [6.45, 7) is 4.14. The molecular formula is C12H15ClN2O2. The lowest BCUT2D eigenvalue weighted by atomic mass is 10.1. The fourth-order valence-corrected chi connectivity index (χ4v) is 1.91. The van der Waals surface area contributed by atoms with Crippen LogP contribution in [-0.4, -0.2) is 24.8 Å². The van der Waals surface area contributed by atoms with Gasteiger partial charge in [0.05, 0.1) is 10.6 Å². The second kappa shape index (κ2) is 5.68. The zero-order chi connectivity index (χ0) is 13.0. The number of aldehydes is 1. The molecular weight excluding hydrogens is 240 g/mol. The third kappa shape index (κ3) is 2.77. The van der Waals surface area contributed by atoms with Crippen molar-refractivity contribution in [1.29, 1.82) is 0 Å². The Morgan fingerprint density at radius 1 is 1.59 bits per heavy atom. The zero-order valence-corrected chi connectivity index (χ0v) is 10.6. The highest BCUT2D eigenvalue weighted by Gasteiger charge is 2.20. The topological polar surface area (TPSA) is 63.4 Å². The van der Waals surface area contributed by atoms with Crippen molar-refractivity contribution in [1.82, 2.24) is 0 Å². The number of likely N-dealkylation sites (N-methyl/N-ethyl adjacent to an activating group) is 1. The number of anilines is 1. The predicted molar refractivity (Wildman–Crippen MR) is 68.5 cm³/mol. The summed E-state index contributed by atoms with van der Waals surface area (Å²) in [5, 5.41) is 0.368. The maximum Gasteiger partial charge on any atom is 0.239 e. The van der Waals surface area contributed by atoms with Crippen molar-refractivity contribution < 1.29 is 9.59 Å². The van der Waals surface area contributed by atoms with Crippen LogP contribution in [0.4, 0.5) is 5.69 Å². The number of hydrogen-bond acceptors (Lipinski definition) is 3. The van der Waals surface area contributed by atoms with Gasteiger partial charge in [-0.3, -0.25) is 9.59 Å². The third-order valence-electron chi connectivity index (χ3n) is 2.68. The van der Waals surface area contributed by atoms with Crippen LogP contribution in [0, 0.1) is 0 Å². The molecule has 0 fully saturated rings. The largest absolute Gasteiger partial charge is 0.368 e. The van der Waals surface area contributed by atoms with Gasteiger partial charge in [-0.1, -0.05) is 17.7 Å². The number of primary amides is 1. The van der Waals surface area contributed by atoms with Crippen molar-refractivity contribution in [2.24, 2.45) is 5.73 Å². The Morgan fingerprint density at radius 3 is 2.71 bits per heavy atom. The normalized spacial score (nSPS) is 11.9. The van der Waals surface area contributed by atoms with Gasteiger partial charge in [0, 0.05) is 12.2 Å². The molecule has 1 atom stereocenters. The van der Waals surface area contributed by atoms with Gasteiger partial charge < -0.3 is 10.6 Å². The van der Waals surface area contributed by atoms with Crippen LogP contribution in [0.25, 0.3) is 0 Å². The Labute approximate surface area is 105 Å². The van der Waals surface area contributed by atoms with E-state index < -0.39 is 11.9 Å². The van der Waals surface area contributed by atoms with Crippen molar-refractivity contribution >= 4 is 29.5 Å². The van der Waals surface area contributed by atoms with Crippen LogP contribution in [0.1, 0.15) is 24.2 Å². The molecule has 0 saturated heterocycles. The van der Waals surface area contributed by atoms with Crippen LogP contribution in [0.2, 0.25) is 5.02 Å². The van der Waals surface area contributed by atoms with Gasteiger partial charge in [0.15, 0.2) is 6.29 Å². The quantitative estimate of drug-likeness (QED) is 0.816. The van der Waals surface area contributed by atoms with E-state index in [4.69, 9.17) is 17.3 Å². The molecule has 0 aliphatic carbocycles. The van der Waals surface area contributed by atoms with Crippen molar-refractivity contribution in [2.75, 3.05) is 11.4 Å². The van der Waals surface area contributed by atoms with Gasteiger partial charge in [-0.15, -0.1) is 0 Å². The zero-order valence-electron chi connectivity index (χ0n) is 9.81. The number of rotatable bonds is 5. The van der Waals surface area contributed by atoms with Gasteiger partial charge in [0.2, 0.25) is 5.91 Å². The molecule has 0 bridgehead atoms. The SMILES string of the molecule is CCN(c1cccc(Cl)c1C=O)C(C)C(N)=O. The molecule has 1 unspecified atom stereocenters. The smallest absolute Gasteiger partial charge is 0.239 e. The van der Waals surface area contributed by atoms with E-state index in [2.05, 4.69) is 0 Å². The van der Waals surface area contributed by atoms with E-state index >= 15 is 0 Å². The molecule has 0 radical (unpaired) electrons. The minimum Gasteiger partial charge on any atom is -0.368 e. The number of amides is 1. The lowest BCUT2D eigenvalue weighted by Crippen LogP contribution is -2.43. The molecule has 5 heteroatoms. The molecule has 17 heavy (non-hydrogen) atoms. The average Bonchev–Trinajstić information content (AvgIpc) is 2.30. The predicted octanol–water partition coefficient (Wildman–Crippen LogP) is 1.85. The molecule has 1 rings (SSSR count). The van der Waals surface area contributed by atoms with Crippen LogP contribution in [0.5, 0.6) is 0 Å². The van der Waals surface area contributed by atoms with Crippen molar-refractivity contribution in [3.05, 3.63) is 28.8 Å². The van der Waals surface area contributed by atoms with Gasteiger partial charge >= 0.3 is 0 Å². The van der Waals surface area contributed by atoms with E-state index in [0.29, 0.717) is 29.1 Å². The molecule has 1 aromatic carbocycles. The monoisotopic (exact) mass is 254 g/mol.